The maximum Gasteiger partial charge on any atom is 0.311 e. The number of hydrogen-bond donors (Lipinski definition) is 1. The molecule has 1 atom stereocenters. The van der Waals surface area contributed by atoms with E-state index < -0.39 is 24.4 Å². The smallest absolute Gasteiger partial charge is 0.311 e. The molecule has 1 heterocycles. The van der Waals surface area contributed by atoms with Crippen LogP contribution in [0.5, 0.6) is 5.75 Å². The number of rotatable bonds is 9. The highest BCUT2D eigenvalue weighted by Gasteiger charge is 2.36. The summed E-state index contributed by atoms with van der Waals surface area (Å²) in [7, 11) is 1.51. The molecular weight excluding hydrogens is 396 g/mol. The number of benzene rings is 2. The number of aryl methyl sites for hydroxylation is 1. The van der Waals surface area contributed by atoms with Gasteiger partial charge in [0.2, 0.25) is 5.91 Å². The molecule has 1 aliphatic rings. The Labute approximate surface area is 182 Å². The van der Waals surface area contributed by atoms with E-state index in [0.717, 1.165) is 24.9 Å². The highest BCUT2D eigenvalue weighted by molar-refractivity contribution is 6.00. The third-order valence-electron chi connectivity index (χ3n) is 5.25. The van der Waals surface area contributed by atoms with Gasteiger partial charge in [0.25, 0.3) is 5.91 Å². The van der Waals surface area contributed by atoms with Crippen LogP contribution in [-0.2, 0) is 25.5 Å². The molecule has 7 nitrogen and oxygen atoms in total. The lowest BCUT2D eigenvalue weighted by Crippen LogP contribution is -2.28. The van der Waals surface area contributed by atoms with Crippen LogP contribution < -0.4 is 15.0 Å². The van der Waals surface area contributed by atoms with Crippen LogP contribution in [0, 0.1) is 5.92 Å². The molecule has 7 heteroatoms. The van der Waals surface area contributed by atoms with Gasteiger partial charge < -0.3 is 19.7 Å². The van der Waals surface area contributed by atoms with Crippen LogP contribution in [0.1, 0.15) is 31.7 Å². The number of unbranched alkanes of at least 4 members (excludes halogenated alkanes) is 1. The summed E-state index contributed by atoms with van der Waals surface area (Å²) in [5.74, 6) is -1.22. The fourth-order valence-electron chi connectivity index (χ4n) is 3.53. The van der Waals surface area contributed by atoms with Crippen LogP contribution in [0.3, 0.4) is 0 Å². The lowest BCUT2D eigenvalue weighted by Gasteiger charge is -2.17. The summed E-state index contributed by atoms with van der Waals surface area (Å²) in [4.78, 5) is 38.6. The molecule has 164 valence electrons. The van der Waals surface area contributed by atoms with Crippen molar-refractivity contribution in [1.82, 2.24) is 0 Å². The summed E-state index contributed by atoms with van der Waals surface area (Å²) in [6.07, 6.45) is 3.34. The van der Waals surface area contributed by atoms with E-state index in [1.165, 1.54) is 12.7 Å². The lowest BCUT2D eigenvalue weighted by molar-refractivity contribution is -0.151. The number of amides is 2. The van der Waals surface area contributed by atoms with E-state index >= 15 is 0 Å². The molecule has 1 saturated heterocycles. The maximum absolute atomic E-state index is 12.4. The molecular formula is C24H28N2O5. The van der Waals surface area contributed by atoms with Gasteiger partial charge in [-0.15, -0.1) is 0 Å². The van der Waals surface area contributed by atoms with Crippen molar-refractivity contribution in [3.05, 3.63) is 54.1 Å². The predicted octanol–water partition coefficient (Wildman–Crippen LogP) is 3.57. The molecule has 0 unspecified atom stereocenters. The zero-order chi connectivity index (χ0) is 22.2. The predicted molar refractivity (Wildman–Crippen MR) is 118 cm³/mol. The molecule has 0 spiro atoms. The molecule has 2 amide bonds. The zero-order valence-electron chi connectivity index (χ0n) is 17.9. The highest BCUT2D eigenvalue weighted by atomic mass is 16.5. The minimum absolute atomic E-state index is 0.0740. The second kappa shape index (κ2) is 10.6. The van der Waals surface area contributed by atoms with Crippen molar-refractivity contribution in [2.75, 3.05) is 30.5 Å². The van der Waals surface area contributed by atoms with Crippen molar-refractivity contribution >= 4 is 29.2 Å². The average molecular weight is 424 g/mol. The first-order valence-electron chi connectivity index (χ1n) is 10.5. The third-order valence-corrected chi connectivity index (χ3v) is 5.25. The van der Waals surface area contributed by atoms with Crippen molar-refractivity contribution in [1.29, 1.82) is 0 Å². The second-order valence-corrected chi connectivity index (χ2v) is 7.53. The number of esters is 1. The van der Waals surface area contributed by atoms with E-state index in [1.807, 2.05) is 24.3 Å². The van der Waals surface area contributed by atoms with Gasteiger partial charge in [-0.2, -0.15) is 0 Å². The number of ether oxygens (including phenoxy) is 2. The fraction of sp³-hybridized carbons (Fsp3) is 0.375. The summed E-state index contributed by atoms with van der Waals surface area (Å²) in [5, 5.41) is 2.65. The van der Waals surface area contributed by atoms with Crippen LogP contribution in [0.4, 0.5) is 11.4 Å². The first-order valence-corrected chi connectivity index (χ1v) is 10.5. The van der Waals surface area contributed by atoms with E-state index in [1.54, 1.807) is 29.2 Å². The molecule has 0 saturated carbocycles. The van der Waals surface area contributed by atoms with Crippen molar-refractivity contribution in [3.63, 3.8) is 0 Å². The number of para-hydroxylation sites is 2. The minimum Gasteiger partial charge on any atom is -0.495 e. The molecule has 1 N–H and O–H groups in total. The van der Waals surface area contributed by atoms with Crippen molar-refractivity contribution in [2.45, 2.75) is 32.6 Å². The van der Waals surface area contributed by atoms with Gasteiger partial charge in [-0.05, 0) is 42.7 Å². The van der Waals surface area contributed by atoms with Crippen LogP contribution in [-0.4, -0.2) is 38.0 Å². The molecule has 31 heavy (non-hydrogen) atoms. The van der Waals surface area contributed by atoms with Gasteiger partial charge in [-0.25, -0.2) is 0 Å². The van der Waals surface area contributed by atoms with Crippen LogP contribution in [0.25, 0.3) is 0 Å². The van der Waals surface area contributed by atoms with Crippen molar-refractivity contribution in [2.24, 2.45) is 5.92 Å². The fourth-order valence-corrected chi connectivity index (χ4v) is 3.53. The minimum atomic E-state index is -0.591. The van der Waals surface area contributed by atoms with Gasteiger partial charge in [-0.1, -0.05) is 37.6 Å². The zero-order valence-corrected chi connectivity index (χ0v) is 17.9. The van der Waals surface area contributed by atoms with E-state index in [9.17, 15) is 14.4 Å². The van der Waals surface area contributed by atoms with Gasteiger partial charge in [0, 0.05) is 18.7 Å². The second-order valence-electron chi connectivity index (χ2n) is 7.53. The van der Waals surface area contributed by atoms with E-state index in [-0.39, 0.29) is 18.9 Å². The first kappa shape index (κ1) is 22.3. The van der Waals surface area contributed by atoms with E-state index in [4.69, 9.17) is 9.47 Å². The van der Waals surface area contributed by atoms with Crippen LogP contribution in [0.2, 0.25) is 0 Å². The summed E-state index contributed by atoms with van der Waals surface area (Å²) in [5.41, 5.74) is 2.50. The Hall–Kier alpha value is -3.35. The normalized spacial score (nSPS) is 15.6. The topological polar surface area (TPSA) is 84.9 Å². The molecule has 1 aliphatic heterocycles. The number of nitrogens with zero attached hydrogens (tertiary/aromatic N) is 1. The summed E-state index contributed by atoms with van der Waals surface area (Å²) in [6, 6.07) is 14.8. The largest absolute Gasteiger partial charge is 0.495 e. The standard InChI is InChI=1S/C24H28N2O5/c1-3-4-7-17-10-12-19(13-11-17)26-15-18(14-23(26)28)24(29)31-16-22(27)25-20-8-5-6-9-21(20)30-2/h5-6,8-13,18H,3-4,7,14-16H2,1-2H3,(H,25,27)/t18-/m0/s1. The maximum atomic E-state index is 12.4. The monoisotopic (exact) mass is 424 g/mol. The molecule has 2 aromatic rings. The Morgan fingerprint density at radius 2 is 1.87 bits per heavy atom. The molecule has 0 aromatic heterocycles. The molecule has 0 bridgehead atoms. The highest BCUT2D eigenvalue weighted by Crippen LogP contribution is 2.27. The lowest BCUT2D eigenvalue weighted by atomic mass is 10.1. The third kappa shape index (κ3) is 5.84. The average Bonchev–Trinajstić information content (AvgIpc) is 3.18. The van der Waals surface area contributed by atoms with Gasteiger partial charge in [0.15, 0.2) is 6.61 Å². The SMILES string of the molecule is CCCCc1ccc(N2C[C@@H](C(=O)OCC(=O)Nc3ccccc3OC)CC2=O)cc1. The van der Waals surface area contributed by atoms with E-state index in [2.05, 4.69) is 12.2 Å². The van der Waals surface area contributed by atoms with Crippen molar-refractivity contribution < 1.29 is 23.9 Å². The Morgan fingerprint density at radius 1 is 1.13 bits per heavy atom. The number of anilines is 2. The quantitative estimate of drug-likeness (QED) is 0.622. The summed E-state index contributed by atoms with van der Waals surface area (Å²) < 4.78 is 10.3. The van der Waals surface area contributed by atoms with Gasteiger partial charge >= 0.3 is 5.97 Å². The number of methoxy groups -OCH3 is 1. The van der Waals surface area contributed by atoms with Crippen LogP contribution in [0.15, 0.2) is 48.5 Å². The Morgan fingerprint density at radius 3 is 2.58 bits per heavy atom. The Bertz CT molecular complexity index is 926. The first-order chi connectivity index (χ1) is 15.0. The number of carbonyl (C=O) groups excluding carboxylic acids is 3. The van der Waals surface area contributed by atoms with Gasteiger partial charge in [0.1, 0.15) is 5.75 Å². The van der Waals surface area contributed by atoms with Gasteiger partial charge in [-0.3, -0.25) is 14.4 Å². The van der Waals surface area contributed by atoms with Crippen molar-refractivity contribution in [3.8, 4) is 5.75 Å². The summed E-state index contributed by atoms with van der Waals surface area (Å²) in [6.45, 7) is 1.98. The number of nitrogens with one attached hydrogen (secondary N) is 1. The van der Waals surface area contributed by atoms with Crippen LogP contribution >= 0.6 is 0 Å². The molecule has 0 aliphatic carbocycles. The number of hydrogen-bond acceptors (Lipinski definition) is 5. The Kier molecular flexibility index (Phi) is 7.65. The molecule has 0 radical (unpaired) electrons. The Balaban J connectivity index is 1.51. The number of carbonyl (C=O) groups is 3. The van der Waals surface area contributed by atoms with Gasteiger partial charge in [0.05, 0.1) is 18.7 Å². The molecule has 2 aromatic carbocycles. The molecule has 1 fully saturated rings. The summed E-state index contributed by atoms with van der Waals surface area (Å²) >= 11 is 0. The van der Waals surface area contributed by atoms with E-state index in [0.29, 0.717) is 11.4 Å². The molecule has 3 rings (SSSR count).